The molecule has 0 radical (unpaired) electrons. The smallest absolute Gasteiger partial charge is 0.293 e. The summed E-state index contributed by atoms with van der Waals surface area (Å²) in [4.78, 5) is 18.4. The molecular weight excluding hydrogens is 230 g/mol. The van der Waals surface area contributed by atoms with Gasteiger partial charge in [0.05, 0.1) is 0 Å². The SMILES string of the molecule is NCC1CCCN(C(=O)c2n[nH]c(C3CC3)n2)C1. The highest BCUT2D eigenvalue weighted by Gasteiger charge is 2.30. The summed E-state index contributed by atoms with van der Waals surface area (Å²) >= 11 is 0. The van der Waals surface area contributed by atoms with Crippen LogP contribution in [0.5, 0.6) is 0 Å². The molecule has 1 aliphatic carbocycles. The molecule has 6 heteroatoms. The van der Waals surface area contributed by atoms with Crippen LogP contribution in [0.3, 0.4) is 0 Å². The summed E-state index contributed by atoms with van der Waals surface area (Å²) in [6, 6.07) is 0. The topological polar surface area (TPSA) is 87.9 Å². The van der Waals surface area contributed by atoms with Gasteiger partial charge in [0.2, 0.25) is 5.82 Å². The zero-order chi connectivity index (χ0) is 12.5. The molecule has 2 heterocycles. The van der Waals surface area contributed by atoms with Gasteiger partial charge in [-0.25, -0.2) is 4.98 Å². The van der Waals surface area contributed by atoms with Crippen molar-refractivity contribution < 1.29 is 4.79 Å². The number of nitrogens with two attached hydrogens (primary N) is 1. The van der Waals surface area contributed by atoms with Crippen molar-refractivity contribution in [2.75, 3.05) is 19.6 Å². The summed E-state index contributed by atoms with van der Waals surface area (Å²) in [6.07, 6.45) is 4.44. The van der Waals surface area contributed by atoms with Gasteiger partial charge in [0.15, 0.2) is 0 Å². The number of hydrogen-bond acceptors (Lipinski definition) is 4. The summed E-state index contributed by atoms with van der Waals surface area (Å²) in [5.74, 6) is 2.04. The van der Waals surface area contributed by atoms with E-state index in [2.05, 4.69) is 15.2 Å². The van der Waals surface area contributed by atoms with E-state index in [4.69, 9.17) is 5.73 Å². The number of carbonyl (C=O) groups excluding carboxylic acids is 1. The first-order chi connectivity index (χ1) is 8.78. The Hall–Kier alpha value is -1.43. The van der Waals surface area contributed by atoms with Gasteiger partial charge in [-0.3, -0.25) is 9.89 Å². The van der Waals surface area contributed by atoms with Crippen LogP contribution >= 0.6 is 0 Å². The van der Waals surface area contributed by atoms with Crippen LogP contribution in [0.15, 0.2) is 0 Å². The Morgan fingerprint density at radius 3 is 3.00 bits per heavy atom. The monoisotopic (exact) mass is 249 g/mol. The molecule has 1 atom stereocenters. The molecule has 6 nitrogen and oxygen atoms in total. The van der Waals surface area contributed by atoms with E-state index in [1.54, 1.807) is 0 Å². The molecule has 1 saturated heterocycles. The molecular formula is C12H19N5O. The van der Waals surface area contributed by atoms with Gasteiger partial charge in [-0.1, -0.05) is 0 Å². The van der Waals surface area contributed by atoms with Gasteiger partial charge in [-0.05, 0) is 38.1 Å². The molecule has 98 valence electrons. The van der Waals surface area contributed by atoms with Gasteiger partial charge in [0.25, 0.3) is 5.91 Å². The van der Waals surface area contributed by atoms with Gasteiger partial charge >= 0.3 is 0 Å². The minimum absolute atomic E-state index is 0.0590. The van der Waals surface area contributed by atoms with E-state index in [-0.39, 0.29) is 5.91 Å². The lowest BCUT2D eigenvalue weighted by Crippen LogP contribution is -2.42. The summed E-state index contributed by atoms with van der Waals surface area (Å²) in [5, 5.41) is 6.92. The number of aromatic nitrogens is 3. The minimum Gasteiger partial charge on any atom is -0.336 e. The Labute approximate surface area is 106 Å². The highest BCUT2D eigenvalue weighted by molar-refractivity contribution is 5.90. The molecule has 3 rings (SSSR count). The normalized spacial score (nSPS) is 24.3. The second-order valence-corrected chi connectivity index (χ2v) is 5.31. The molecule has 0 spiro atoms. The van der Waals surface area contributed by atoms with E-state index in [1.165, 1.54) is 0 Å². The predicted molar refractivity (Wildman–Crippen MR) is 66.0 cm³/mol. The minimum atomic E-state index is -0.0590. The lowest BCUT2D eigenvalue weighted by molar-refractivity contribution is 0.0666. The second kappa shape index (κ2) is 4.68. The number of aromatic amines is 1. The molecule has 18 heavy (non-hydrogen) atoms. The molecule has 2 aliphatic rings. The Kier molecular flexibility index (Phi) is 3.03. The Morgan fingerprint density at radius 1 is 1.44 bits per heavy atom. The van der Waals surface area contributed by atoms with E-state index >= 15 is 0 Å². The molecule has 2 fully saturated rings. The van der Waals surface area contributed by atoms with Crippen LogP contribution in [-0.2, 0) is 0 Å². The molecule has 3 N–H and O–H groups in total. The maximum absolute atomic E-state index is 12.3. The molecule has 1 amide bonds. The zero-order valence-corrected chi connectivity index (χ0v) is 10.4. The summed E-state index contributed by atoms with van der Waals surface area (Å²) in [6.45, 7) is 2.18. The molecule has 0 aromatic carbocycles. The lowest BCUT2D eigenvalue weighted by Gasteiger charge is -2.31. The first-order valence-corrected chi connectivity index (χ1v) is 6.69. The number of H-pyrrole nitrogens is 1. The van der Waals surface area contributed by atoms with E-state index in [1.807, 2.05) is 4.90 Å². The third-order valence-corrected chi connectivity index (χ3v) is 3.80. The van der Waals surface area contributed by atoms with Gasteiger partial charge in [0.1, 0.15) is 5.82 Å². The second-order valence-electron chi connectivity index (χ2n) is 5.31. The lowest BCUT2D eigenvalue weighted by atomic mass is 9.98. The molecule has 1 aromatic heterocycles. The third kappa shape index (κ3) is 2.25. The first-order valence-electron chi connectivity index (χ1n) is 6.69. The van der Waals surface area contributed by atoms with Crippen molar-refractivity contribution in [2.24, 2.45) is 11.7 Å². The number of amides is 1. The zero-order valence-electron chi connectivity index (χ0n) is 10.4. The van der Waals surface area contributed by atoms with Crippen LogP contribution in [0.2, 0.25) is 0 Å². The fourth-order valence-corrected chi connectivity index (χ4v) is 2.49. The van der Waals surface area contributed by atoms with Crippen molar-refractivity contribution in [1.82, 2.24) is 20.1 Å². The summed E-state index contributed by atoms with van der Waals surface area (Å²) < 4.78 is 0. The number of nitrogens with zero attached hydrogens (tertiary/aromatic N) is 3. The van der Waals surface area contributed by atoms with E-state index in [0.29, 0.717) is 24.2 Å². The number of carbonyl (C=O) groups is 1. The van der Waals surface area contributed by atoms with E-state index in [9.17, 15) is 4.79 Å². The average Bonchev–Trinajstić information content (AvgIpc) is 3.16. The third-order valence-electron chi connectivity index (χ3n) is 3.80. The van der Waals surface area contributed by atoms with Crippen molar-refractivity contribution >= 4 is 5.91 Å². The van der Waals surface area contributed by atoms with Crippen molar-refractivity contribution in [3.05, 3.63) is 11.6 Å². The van der Waals surface area contributed by atoms with Crippen LogP contribution in [0.25, 0.3) is 0 Å². The van der Waals surface area contributed by atoms with Gasteiger partial charge in [-0.15, -0.1) is 5.10 Å². The maximum atomic E-state index is 12.3. The molecule has 1 aliphatic heterocycles. The van der Waals surface area contributed by atoms with Crippen molar-refractivity contribution in [1.29, 1.82) is 0 Å². The maximum Gasteiger partial charge on any atom is 0.293 e. The van der Waals surface area contributed by atoms with Crippen molar-refractivity contribution in [3.63, 3.8) is 0 Å². The highest BCUT2D eigenvalue weighted by atomic mass is 16.2. The summed E-state index contributed by atoms with van der Waals surface area (Å²) in [5.41, 5.74) is 5.68. The van der Waals surface area contributed by atoms with Gasteiger partial charge < -0.3 is 10.6 Å². The highest BCUT2D eigenvalue weighted by Crippen LogP contribution is 2.37. The fourth-order valence-electron chi connectivity index (χ4n) is 2.49. The molecule has 1 aromatic rings. The Morgan fingerprint density at radius 2 is 2.28 bits per heavy atom. The van der Waals surface area contributed by atoms with E-state index < -0.39 is 0 Å². The Balaban J connectivity index is 1.68. The number of piperidine rings is 1. The van der Waals surface area contributed by atoms with Crippen molar-refractivity contribution in [3.8, 4) is 0 Å². The predicted octanol–water partition coefficient (Wildman–Crippen LogP) is 0.493. The van der Waals surface area contributed by atoms with Crippen molar-refractivity contribution in [2.45, 2.75) is 31.6 Å². The first kappa shape index (κ1) is 11.6. The summed E-state index contributed by atoms with van der Waals surface area (Å²) in [7, 11) is 0. The van der Waals surface area contributed by atoms with Crippen LogP contribution in [-0.4, -0.2) is 45.6 Å². The van der Waals surface area contributed by atoms with Crippen LogP contribution in [0.1, 0.15) is 48.0 Å². The largest absolute Gasteiger partial charge is 0.336 e. The standard InChI is InChI=1S/C12H19N5O/c13-6-8-2-1-5-17(7-8)12(18)11-14-10(15-16-11)9-3-4-9/h8-9H,1-7,13H2,(H,14,15,16). The quantitative estimate of drug-likeness (QED) is 0.816. The number of hydrogen-bond donors (Lipinski definition) is 2. The molecule has 0 bridgehead atoms. The van der Waals surface area contributed by atoms with Gasteiger partial charge in [-0.2, -0.15) is 0 Å². The van der Waals surface area contributed by atoms with Gasteiger partial charge in [0, 0.05) is 19.0 Å². The van der Waals surface area contributed by atoms with Crippen LogP contribution < -0.4 is 5.73 Å². The molecule has 1 unspecified atom stereocenters. The number of nitrogens with one attached hydrogen (secondary N) is 1. The molecule has 1 saturated carbocycles. The van der Waals surface area contributed by atoms with Crippen LogP contribution in [0, 0.1) is 5.92 Å². The fraction of sp³-hybridized carbons (Fsp3) is 0.750. The van der Waals surface area contributed by atoms with Crippen LogP contribution in [0.4, 0.5) is 0 Å². The Bertz CT molecular complexity index is 439. The number of likely N-dealkylation sites (tertiary alicyclic amines) is 1. The average molecular weight is 249 g/mol. The van der Waals surface area contributed by atoms with E-state index in [0.717, 1.165) is 44.6 Å². The number of rotatable bonds is 3.